The normalized spacial score (nSPS) is 16.9. The summed E-state index contributed by atoms with van der Waals surface area (Å²) in [5.74, 6) is 1.02. The van der Waals surface area contributed by atoms with Crippen molar-refractivity contribution in [2.45, 2.75) is 19.8 Å². The predicted molar refractivity (Wildman–Crippen MR) is 76.3 cm³/mol. The molecule has 0 amide bonds. The average Bonchev–Trinajstić information content (AvgIpc) is 2.97. The summed E-state index contributed by atoms with van der Waals surface area (Å²) in [7, 11) is 3.04. The van der Waals surface area contributed by atoms with Gasteiger partial charge >= 0.3 is 12.0 Å². The smallest absolute Gasteiger partial charge is 0.324 e. The van der Waals surface area contributed by atoms with E-state index in [2.05, 4.69) is 32.1 Å². The van der Waals surface area contributed by atoms with Gasteiger partial charge in [0.15, 0.2) is 0 Å². The fraction of sp³-hybridized carbons (Fsp3) is 0.769. The number of methoxy groups -OCH3 is 2. The van der Waals surface area contributed by atoms with Gasteiger partial charge in [0.25, 0.3) is 0 Å². The number of hydrogen-bond acceptors (Lipinski definition) is 7. The summed E-state index contributed by atoms with van der Waals surface area (Å²) in [5.41, 5.74) is 0. The minimum absolute atomic E-state index is 0.256. The number of hydrogen-bond donors (Lipinski definition) is 1. The highest BCUT2D eigenvalue weighted by Crippen LogP contribution is 2.13. The molecule has 0 saturated carbocycles. The van der Waals surface area contributed by atoms with Gasteiger partial charge in [-0.25, -0.2) is 0 Å². The number of ether oxygens (including phenoxy) is 2. The van der Waals surface area contributed by atoms with Crippen LogP contribution in [0.15, 0.2) is 0 Å². The van der Waals surface area contributed by atoms with Crippen molar-refractivity contribution in [3.05, 3.63) is 0 Å². The summed E-state index contributed by atoms with van der Waals surface area (Å²) in [4.78, 5) is 14.8. The number of rotatable bonds is 7. The molecule has 7 heteroatoms. The first-order chi connectivity index (χ1) is 9.71. The molecule has 0 aromatic carbocycles. The molecule has 0 aliphatic carbocycles. The number of aromatic nitrogens is 3. The zero-order valence-electron chi connectivity index (χ0n) is 12.4. The lowest BCUT2D eigenvalue weighted by molar-refractivity contribution is 0.293. The van der Waals surface area contributed by atoms with Gasteiger partial charge in [-0.3, -0.25) is 0 Å². The Kier molecular flexibility index (Phi) is 5.34. The summed E-state index contributed by atoms with van der Waals surface area (Å²) in [6, 6.07) is 0.512. The zero-order chi connectivity index (χ0) is 14.4. The van der Waals surface area contributed by atoms with E-state index in [0.717, 1.165) is 13.1 Å². The van der Waals surface area contributed by atoms with Crippen LogP contribution in [0.4, 0.5) is 5.95 Å². The fourth-order valence-corrected chi connectivity index (χ4v) is 2.34. The fourth-order valence-electron chi connectivity index (χ4n) is 2.34. The van der Waals surface area contributed by atoms with Gasteiger partial charge in [-0.15, -0.1) is 4.98 Å². The van der Waals surface area contributed by atoms with E-state index < -0.39 is 0 Å². The van der Waals surface area contributed by atoms with Crippen LogP contribution < -0.4 is 14.8 Å². The van der Waals surface area contributed by atoms with E-state index in [1.807, 2.05) is 0 Å². The quantitative estimate of drug-likeness (QED) is 0.800. The van der Waals surface area contributed by atoms with Crippen molar-refractivity contribution in [1.29, 1.82) is 0 Å². The Bertz CT molecular complexity index is 401. The van der Waals surface area contributed by atoms with Crippen molar-refractivity contribution in [2.24, 2.45) is 5.92 Å². The van der Waals surface area contributed by atoms with Gasteiger partial charge in [-0.2, -0.15) is 9.97 Å². The lowest BCUT2D eigenvalue weighted by Gasteiger charge is -2.20. The molecule has 1 fully saturated rings. The van der Waals surface area contributed by atoms with Crippen LogP contribution in [0.25, 0.3) is 0 Å². The molecule has 7 nitrogen and oxygen atoms in total. The Morgan fingerprint density at radius 1 is 1.10 bits per heavy atom. The molecule has 1 unspecified atom stereocenters. The molecule has 1 saturated heterocycles. The molecule has 1 atom stereocenters. The maximum atomic E-state index is 5.02. The van der Waals surface area contributed by atoms with E-state index in [9.17, 15) is 0 Å². The Balaban J connectivity index is 1.85. The lowest BCUT2D eigenvalue weighted by Crippen LogP contribution is -2.29. The third-order valence-electron chi connectivity index (χ3n) is 3.34. The van der Waals surface area contributed by atoms with Gasteiger partial charge in [-0.05, 0) is 31.8 Å². The predicted octanol–water partition coefficient (Wildman–Crippen LogP) is 1.03. The summed E-state index contributed by atoms with van der Waals surface area (Å²) >= 11 is 0. The Morgan fingerprint density at radius 2 is 1.70 bits per heavy atom. The summed E-state index contributed by atoms with van der Waals surface area (Å²) in [6.07, 6.45) is 2.64. The van der Waals surface area contributed by atoms with E-state index in [-0.39, 0.29) is 12.0 Å². The standard InChI is InChI=1S/C13H23N5O2/c1-10(9-18-6-4-5-7-18)8-14-11-15-12(19-2)17-13(16-11)20-3/h10H,4-9H2,1-3H3,(H,14,15,16,17). The highest BCUT2D eigenvalue weighted by Gasteiger charge is 2.15. The molecule has 0 spiro atoms. The van der Waals surface area contributed by atoms with Crippen LogP contribution >= 0.6 is 0 Å². The summed E-state index contributed by atoms with van der Waals surface area (Å²) in [5, 5.41) is 3.22. The minimum atomic E-state index is 0.256. The largest absolute Gasteiger partial charge is 0.467 e. The first-order valence-corrected chi connectivity index (χ1v) is 7.01. The molecular weight excluding hydrogens is 258 g/mol. The molecule has 1 aromatic heterocycles. The van der Waals surface area contributed by atoms with Crippen LogP contribution in [0.2, 0.25) is 0 Å². The Hall–Kier alpha value is -1.63. The summed E-state index contributed by atoms with van der Waals surface area (Å²) in [6.45, 7) is 6.58. The Morgan fingerprint density at radius 3 is 2.25 bits per heavy atom. The monoisotopic (exact) mass is 281 g/mol. The van der Waals surface area contributed by atoms with Crippen molar-refractivity contribution in [2.75, 3.05) is 45.7 Å². The van der Waals surface area contributed by atoms with Crippen molar-refractivity contribution < 1.29 is 9.47 Å². The average molecular weight is 281 g/mol. The van der Waals surface area contributed by atoms with Crippen molar-refractivity contribution in [3.8, 4) is 12.0 Å². The van der Waals surface area contributed by atoms with Gasteiger partial charge in [0.2, 0.25) is 5.95 Å². The van der Waals surface area contributed by atoms with Gasteiger partial charge in [0, 0.05) is 13.1 Å². The zero-order valence-corrected chi connectivity index (χ0v) is 12.4. The van der Waals surface area contributed by atoms with E-state index in [1.54, 1.807) is 0 Å². The number of nitrogens with one attached hydrogen (secondary N) is 1. The molecular formula is C13H23N5O2. The second-order valence-corrected chi connectivity index (χ2v) is 5.13. The first kappa shape index (κ1) is 14.8. The molecule has 20 heavy (non-hydrogen) atoms. The van der Waals surface area contributed by atoms with Crippen LogP contribution in [-0.2, 0) is 0 Å². The third-order valence-corrected chi connectivity index (χ3v) is 3.34. The number of likely N-dealkylation sites (tertiary alicyclic amines) is 1. The van der Waals surface area contributed by atoms with E-state index in [1.165, 1.54) is 40.2 Å². The van der Waals surface area contributed by atoms with E-state index in [4.69, 9.17) is 9.47 Å². The van der Waals surface area contributed by atoms with E-state index >= 15 is 0 Å². The number of anilines is 1. The third kappa shape index (κ3) is 4.19. The van der Waals surface area contributed by atoms with Crippen LogP contribution in [0.3, 0.4) is 0 Å². The van der Waals surface area contributed by atoms with Gasteiger partial charge in [-0.1, -0.05) is 6.92 Å². The van der Waals surface area contributed by atoms with Crippen LogP contribution in [-0.4, -0.2) is 60.3 Å². The molecule has 0 bridgehead atoms. The topological polar surface area (TPSA) is 72.4 Å². The molecule has 2 heterocycles. The molecule has 112 valence electrons. The van der Waals surface area contributed by atoms with Gasteiger partial charge < -0.3 is 19.7 Å². The van der Waals surface area contributed by atoms with Crippen molar-refractivity contribution in [3.63, 3.8) is 0 Å². The second-order valence-electron chi connectivity index (χ2n) is 5.13. The van der Waals surface area contributed by atoms with Crippen LogP contribution in [0.5, 0.6) is 12.0 Å². The molecule has 1 N–H and O–H groups in total. The van der Waals surface area contributed by atoms with Crippen LogP contribution in [0.1, 0.15) is 19.8 Å². The second kappa shape index (κ2) is 7.23. The molecule has 1 aromatic rings. The van der Waals surface area contributed by atoms with E-state index in [0.29, 0.717) is 11.9 Å². The Labute approximate surface area is 119 Å². The van der Waals surface area contributed by atoms with Gasteiger partial charge in [0.05, 0.1) is 14.2 Å². The molecule has 0 radical (unpaired) electrons. The maximum absolute atomic E-state index is 5.02. The highest BCUT2D eigenvalue weighted by atomic mass is 16.5. The molecule has 1 aliphatic rings. The van der Waals surface area contributed by atoms with Crippen LogP contribution in [0, 0.1) is 5.92 Å². The number of nitrogens with zero attached hydrogens (tertiary/aromatic N) is 4. The molecule has 2 rings (SSSR count). The highest BCUT2D eigenvalue weighted by molar-refractivity contribution is 5.27. The summed E-state index contributed by atoms with van der Waals surface area (Å²) < 4.78 is 10.0. The van der Waals surface area contributed by atoms with Crippen molar-refractivity contribution >= 4 is 5.95 Å². The minimum Gasteiger partial charge on any atom is -0.467 e. The molecule has 1 aliphatic heterocycles. The van der Waals surface area contributed by atoms with Gasteiger partial charge in [0.1, 0.15) is 0 Å². The SMILES string of the molecule is COc1nc(NCC(C)CN2CCCC2)nc(OC)n1. The van der Waals surface area contributed by atoms with Crippen molar-refractivity contribution in [1.82, 2.24) is 19.9 Å². The maximum Gasteiger partial charge on any atom is 0.324 e. The first-order valence-electron chi connectivity index (χ1n) is 7.01. The lowest BCUT2D eigenvalue weighted by atomic mass is 10.1.